The first-order valence-corrected chi connectivity index (χ1v) is 4.90. The summed E-state index contributed by atoms with van der Waals surface area (Å²) < 4.78 is 1.19. The van der Waals surface area contributed by atoms with Crippen LogP contribution in [0.15, 0.2) is 30.6 Å². The lowest BCUT2D eigenvalue weighted by molar-refractivity contribution is -0.141. The van der Waals surface area contributed by atoms with Crippen LogP contribution in [0.25, 0.3) is 0 Å². The number of benzene rings is 1. The molecule has 0 aliphatic carbocycles. The minimum absolute atomic E-state index is 0.142. The maximum Gasteiger partial charge on any atom is 0.328 e. The Morgan fingerprint density at radius 1 is 1.35 bits per heavy atom. The van der Waals surface area contributed by atoms with Crippen LogP contribution in [0.4, 0.5) is 0 Å². The van der Waals surface area contributed by atoms with E-state index in [1.807, 2.05) is 0 Å². The number of phenolic OH excluding ortho intramolecular Hbond substituents is 1. The number of carboxylic acid groups (broad SMARTS) is 1. The number of carboxylic acids is 1. The molecule has 0 unspecified atom stereocenters. The average Bonchev–Trinajstić information content (AvgIpc) is 2.81. The van der Waals surface area contributed by atoms with E-state index >= 15 is 0 Å². The predicted octanol–water partition coefficient (Wildman–Crippen LogP) is 0.247. The second-order valence-corrected chi connectivity index (χ2v) is 3.51. The highest BCUT2D eigenvalue weighted by Gasteiger charge is 2.21. The molecule has 0 aliphatic heterocycles. The van der Waals surface area contributed by atoms with Gasteiger partial charge in [-0.05, 0) is 28.1 Å². The Labute approximate surface area is 96.3 Å². The van der Waals surface area contributed by atoms with Gasteiger partial charge in [0.15, 0.2) is 6.04 Å². The number of tetrazole rings is 1. The van der Waals surface area contributed by atoms with Crippen molar-refractivity contribution in [3.63, 3.8) is 0 Å². The zero-order chi connectivity index (χ0) is 12.3. The van der Waals surface area contributed by atoms with Gasteiger partial charge in [-0.3, -0.25) is 0 Å². The number of aromatic hydroxyl groups is 1. The molecule has 7 nitrogen and oxygen atoms in total. The lowest BCUT2D eigenvalue weighted by Crippen LogP contribution is -2.22. The molecule has 0 saturated heterocycles. The molecule has 0 fully saturated rings. The number of aromatic nitrogens is 4. The molecule has 0 saturated carbocycles. The largest absolute Gasteiger partial charge is 0.508 e. The van der Waals surface area contributed by atoms with Crippen molar-refractivity contribution in [2.45, 2.75) is 12.5 Å². The molecule has 88 valence electrons. The van der Waals surface area contributed by atoms with Crippen LogP contribution < -0.4 is 0 Å². The molecule has 1 atom stereocenters. The van der Waals surface area contributed by atoms with Gasteiger partial charge in [-0.1, -0.05) is 12.1 Å². The summed E-state index contributed by atoms with van der Waals surface area (Å²) >= 11 is 0. The summed E-state index contributed by atoms with van der Waals surface area (Å²) in [5.74, 6) is -0.867. The van der Waals surface area contributed by atoms with Gasteiger partial charge in [0.1, 0.15) is 12.1 Å². The van der Waals surface area contributed by atoms with Crippen LogP contribution in [0.3, 0.4) is 0 Å². The van der Waals surface area contributed by atoms with E-state index in [9.17, 15) is 4.79 Å². The molecule has 0 amide bonds. The van der Waals surface area contributed by atoms with E-state index < -0.39 is 12.0 Å². The first-order chi connectivity index (χ1) is 8.16. The molecule has 2 rings (SSSR count). The molecule has 0 bridgehead atoms. The molecule has 0 aliphatic rings. The van der Waals surface area contributed by atoms with Crippen LogP contribution in [0.5, 0.6) is 5.75 Å². The van der Waals surface area contributed by atoms with Gasteiger partial charge in [0, 0.05) is 6.42 Å². The third-order valence-electron chi connectivity index (χ3n) is 2.33. The quantitative estimate of drug-likeness (QED) is 0.786. The Bertz CT molecular complexity index is 495. The summed E-state index contributed by atoms with van der Waals surface area (Å²) in [7, 11) is 0. The van der Waals surface area contributed by atoms with Crippen LogP contribution in [0, 0.1) is 0 Å². The van der Waals surface area contributed by atoms with Crippen LogP contribution in [0.2, 0.25) is 0 Å². The van der Waals surface area contributed by atoms with Crippen molar-refractivity contribution in [3.05, 3.63) is 36.2 Å². The fraction of sp³-hybridized carbons (Fsp3) is 0.200. The van der Waals surface area contributed by atoms with E-state index in [-0.39, 0.29) is 12.2 Å². The second-order valence-electron chi connectivity index (χ2n) is 3.51. The van der Waals surface area contributed by atoms with Gasteiger partial charge >= 0.3 is 5.97 Å². The minimum atomic E-state index is -1.01. The van der Waals surface area contributed by atoms with Crippen molar-refractivity contribution in [1.82, 2.24) is 20.2 Å². The number of carbonyl (C=O) groups is 1. The number of hydrogen-bond acceptors (Lipinski definition) is 5. The minimum Gasteiger partial charge on any atom is -0.508 e. The van der Waals surface area contributed by atoms with Gasteiger partial charge in [-0.15, -0.1) is 5.10 Å². The van der Waals surface area contributed by atoms with E-state index in [1.54, 1.807) is 12.1 Å². The highest BCUT2D eigenvalue weighted by molar-refractivity contribution is 5.72. The average molecular weight is 234 g/mol. The van der Waals surface area contributed by atoms with Crippen LogP contribution >= 0.6 is 0 Å². The molecule has 2 aromatic rings. The van der Waals surface area contributed by atoms with Crippen LogP contribution in [0.1, 0.15) is 11.6 Å². The Morgan fingerprint density at radius 3 is 2.59 bits per heavy atom. The van der Waals surface area contributed by atoms with Crippen molar-refractivity contribution < 1.29 is 15.0 Å². The van der Waals surface area contributed by atoms with Gasteiger partial charge in [-0.2, -0.15) is 0 Å². The summed E-state index contributed by atoms with van der Waals surface area (Å²) in [6.07, 6.45) is 1.51. The normalized spacial score (nSPS) is 12.2. The van der Waals surface area contributed by atoms with Gasteiger partial charge in [-0.25, -0.2) is 9.48 Å². The van der Waals surface area contributed by atoms with Gasteiger partial charge in [0.2, 0.25) is 0 Å². The third kappa shape index (κ3) is 2.57. The first-order valence-electron chi connectivity index (χ1n) is 4.90. The Kier molecular flexibility index (Phi) is 2.99. The van der Waals surface area contributed by atoms with Crippen molar-refractivity contribution >= 4 is 5.97 Å². The smallest absolute Gasteiger partial charge is 0.328 e. The highest BCUT2D eigenvalue weighted by atomic mass is 16.4. The zero-order valence-corrected chi connectivity index (χ0v) is 8.76. The summed E-state index contributed by atoms with van der Waals surface area (Å²) in [6.45, 7) is 0. The summed E-state index contributed by atoms with van der Waals surface area (Å²) in [5, 5.41) is 28.6. The van der Waals surface area contributed by atoms with E-state index in [4.69, 9.17) is 10.2 Å². The number of aliphatic carboxylic acids is 1. The maximum atomic E-state index is 11.1. The Balaban J connectivity index is 2.19. The molecule has 1 aromatic carbocycles. The standard InChI is InChI=1S/C10H10N4O3/c15-8-3-1-7(2-4-8)5-9(10(16)17)14-6-11-12-13-14/h1-4,6,9,15H,5H2,(H,16,17)/t9-/m1/s1. The third-order valence-corrected chi connectivity index (χ3v) is 2.33. The number of hydrogen-bond donors (Lipinski definition) is 2. The van der Waals surface area contributed by atoms with Crippen LogP contribution in [-0.2, 0) is 11.2 Å². The molecule has 7 heteroatoms. The number of rotatable bonds is 4. The van der Waals surface area contributed by atoms with Crippen molar-refractivity contribution in [2.75, 3.05) is 0 Å². The van der Waals surface area contributed by atoms with E-state index in [2.05, 4.69) is 15.5 Å². The van der Waals surface area contributed by atoms with Gasteiger partial charge in [0.25, 0.3) is 0 Å². The number of phenols is 1. The van der Waals surface area contributed by atoms with E-state index in [1.165, 1.54) is 23.1 Å². The van der Waals surface area contributed by atoms with Crippen molar-refractivity contribution in [1.29, 1.82) is 0 Å². The SMILES string of the molecule is O=C(O)[C@@H](Cc1ccc(O)cc1)n1cnnn1. The van der Waals surface area contributed by atoms with Crippen LogP contribution in [-0.4, -0.2) is 36.4 Å². The molecular weight excluding hydrogens is 224 g/mol. The molecule has 17 heavy (non-hydrogen) atoms. The molecule has 0 spiro atoms. The van der Waals surface area contributed by atoms with Crippen molar-refractivity contribution in [2.24, 2.45) is 0 Å². The zero-order valence-electron chi connectivity index (χ0n) is 8.76. The van der Waals surface area contributed by atoms with Gasteiger partial charge in [0.05, 0.1) is 0 Å². The lowest BCUT2D eigenvalue weighted by Gasteiger charge is -2.11. The number of nitrogens with zero attached hydrogens (tertiary/aromatic N) is 4. The molecule has 0 radical (unpaired) electrons. The fourth-order valence-electron chi connectivity index (χ4n) is 1.46. The Hall–Kier alpha value is -2.44. The monoisotopic (exact) mass is 234 g/mol. The maximum absolute atomic E-state index is 11.1. The highest BCUT2D eigenvalue weighted by Crippen LogP contribution is 2.16. The fourth-order valence-corrected chi connectivity index (χ4v) is 1.46. The summed E-state index contributed by atoms with van der Waals surface area (Å²) in [6, 6.07) is 5.49. The predicted molar refractivity (Wildman–Crippen MR) is 56.3 cm³/mol. The van der Waals surface area contributed by atoms with E-state index in [0.29, 0.717) is 0 Å². The second kappa shape index (κ2) is 4.60. The van der Waals surface area contributed by atoms with E-state index in [0.717, 1.165) is 5.56 Å². The molecule has 2 N–H and O–H groups in total. The molecular formula is C10H10N4O3. The molecule has 1 heterocycles. The topological polar surface area (TPSA) is 101 Å². The van der Waals surface area contributed by atoms with Gasteiger partial charge < -0.3 is 10.2 Å². The lowest BCUT2D eigenvalue weighted by atomic mass is 10.1. The Morgan fingerprint density at radius 2 is 2.06 bits per heavy atom. The van der Waals surface area contributed by atoms with Crippen molar-refractivity contribution in [3.8, 4) is 5.75 Å². The summed E-state index contributed by atoms with van der Waals surface area (Å²) in [5.41, 5.74) is 0.783. The molecule has 1 aromatic heterocycles. The first kappa shape index (κ1) is 11.1. The summed E-state index contributed by atoms with van der Waals surface area (Å²) in [4.78, 5) is 11.1.